The van der Waals surface area contributed by atoms with Gasteiger partial charge in [0.2, 0.25) is 5.72 Å². The van der Waals surface area contributed by atoms with E-state index in [0.29, 0.717) is 5.56 Å². The summed E-state index contributed by atoms with van der Waals surface area (Å²) in [6.07, 6.45) is -7.19. The summed E-state index contributed by atoms with van der Waals surface area (Å²) >= 11 is 0. The van der Waals surface area contributed by atoms with Crippen LogP contribution in [0, 0.1) is 6.92 Å². The zero-order valence-electron chi connectivity index (χ0n) is 13.3. The molecule has 0 fully saturated rings. The zero-order valence-corrected chi connectivity index (χ0v) is 13.3. The first kappa shape index (κ1) is 19.1. The number of rotatable bonds is 4. The lowest BCUT2D eigenvalue weighted by Crippen LogP contribution is -2.64. The van der Waals surface area contributed by atoms with Gasteiger partial charge in [0, 0.05) is 12.1 Å². The van der Waals surface area contributed by atoms with Crippen LogP contribution in [0.4, 0.5) is 22.0 Å². The van der Waals surface area contributed by atoms with E-state index in [-0.39, 0.29) is 16.5 Å². The van der Waals surface area contributed by atoms with Crippen LogP contribution in [0.25, 0.3) is 0 Å². The summed E-state index contributed by atoms with van der Waals surface area (Å²) in [7, 11) is 0. The zero-order chi connectivity index (χ0) is 19.0. The molecule has 1 aromatic rings. The van der Waals surface area contributed by atoms with Gasteiger partial charge in [-0.05, 0) is 25.5 Å². The van der Waals surface area contributed by atoms with Gasteiger partial charge in [0.05, 0.1) is 0 Å². The van der Waals surface area contributed by atoms with Gasteiger partial charge in [-0.1, -0.05) is 18.2 Å². The summed E-state index contributed by atoms with van der Waals surface area (Å²) in [5.74, 6) is -6.65. The van der Waals surface area contributed by atoms with Crippen molar-refractivity contribution in [2.75, 3.05) is 6.61 Å². The molecular formula is C15H15F5N2O3. The maximum atomic E-state index is 13.7. The number of aliphatic hydroxyl groups is 1. The smallest absolute Gasteiger partial charge is 0.458 e. The van der Waals surface area contributed by atoms with E-state index in [4.69, 9.17) is 4.74 Å². The standard InChI is InChI=1S/C15H15F5N2O3/c1-9-5-3-4-6-11(9)25-8-12(23)22-13(24,7-10(2)21-22)14(16,17)15(18,19)20/h3-6,24H,7-8H2,1-2H3/t13-/m0/s1. The monoisotopic (exact) mass is 366 g/mol. The lowest BCUT2D eigenvalue weighted by atomic mass is 9.99. The summed E-state index contributed by atoms with van der Waals surface area (Å²) < 4.78 is 70.6. The fourth-order valence-electron chi connectivity index (χ4n) is 2.37. The van der Waals surface area contributed by atoms with Crippen LogP contribution in [-0.2, 0) is 4.79 Å². The molecule has 1 aliphatic rings. The Morgan fingerprint density at radius 1 is 1.28 bits per heavy atom. The van der Waals surface area contributed by atoms with Gasteiger partial charge in [0.1, 0.15) is 5.75 Å². The predicted octanol–water partition coefficient (Wildman–Crippen LogP) is 2.87. The molecule has 1 heterocycles. The Morgan fingerprint density at radius 3 is 2.44 bits per heavy atom. The van der Waals surface area contributed by atoms with Crippen molar-refractivity contribution >= 4 is 11.6 Å². The lowest BCUT2D eigenvalue weighted by molar-refractivity contribution is -0.363. The fourth-order valence-corrected chi connectivity index (χ4v) is 2.37. The van der Waals surface area contributed by atoms with E-state index in [2.05, 4.69) is 5.10 Å². The van der Waals surface area contributed by atoms with E-state index in [1.54, 1.807) is 25.1 Å². The van der Waals surface area contributed by atoms with Gasteiger partial charge in [0.15, 0.2) is 6.61 Å². The minimum atomic E-state index is -6.06. The Morgan fingerprint density at radius 2 is 1.88 bits per heavy atom. The molecule has 0 saturated carbocycles. The summed E-state index contributed by atoms with van der Waals surface area (Å²) in [6, 6.07) is 6.45. The van der Waals surface area contributed by atoms with Gasteiger partial charge in [-0.3, -0.25) is 4.79 Å². The minimum Gasteiger partial charge on any atom is -0.483 e. The average Bonchev–Trinajstić information content (AvgIpc) is 2.81. The second kappa shape index (κ2) is 6.25. The molecule has 1 aliphatic heterocycles. The van der Waals surface area contributed by atoms with E-state index in [9.17, 15) is 31.9 Å². The molecule has 0 radical (unpaired) electrons. The number of carbonyl (C=O) groups excluding carboxylic acids is 1. The van der Waals surface area contributed by atoms with E-state index >= 15 is 0 Å². The number of nitrogens with zero attached hydrogens (tertiary/aromatic N) is 2. The Hall–Kier alpha value is -2.23. The Labute approximate surface area is 139 Å². The molecule has 0 spiro atoms. The maximum absolute atomic E-state index is 13.7. The Kier molecular flexibility index (Phi) is 4.77. The summed E-state index contributed by atoms with van der Waals surface area (Å²) in [4.78, 5) is 12.1. The molecule has 1 N–H and O–H groups in total. The molecule has 1 atom stereocenters. The van der Waals surface area contributed by atoms with Crippen LogP contribution in [0.15, 0.2) is 29.4 Å². The van der Waals surface area contributed by atoms with Crippen molar-refractivity contribution in [2.45, 2.75) is 38.1 Å². The van der Waals surface area contributed by atoms with Gasteiger partial charge >= 0.3 is 12.1 Å². The summed E-state index contributed by atoms with van der Waals surface area (Å²) in [5, 5.41) is 13.1. The minimum absolute atomic E-state index is 0.240. The van der Waals surface area contributed by atoms with Crippen molar-refractivity contribution in [1.82, 2.24) is 5.01 Å². The fraction of sp³-hybridized carbons (Fsp3) is 0.467. The van der Waals surface area contributed by atoms with Gasteiger partial charge in [-0.2, -0.15) is 32.1 Å². The first-order chi connectivity index (χ1) is 11.4. The molecule has 138 valence electrons. The van der Waals surface area contributed by atoms with Crippen molar-refractivity contribution in [3.05, 3.63) is 29.8 Å². The first-order valence-corrected chi connectivity index (χ1v) is 7.12. The normalized spacial score (nSPS) is 21.3. The van der Waals surface area contributed by atoms with Gasteiger partial charge in [-0.15, -0.1) is 0 Å². The Balaban J connectivity index is 2.23. The van der Waals surface area contributed by atoms with Crippen LogP contribution in [0.1, 0.15) is 18.9 Å². The van der Waals surface area contributed by atoms with Crippen molar-refractivity contribution < 1.29 is 36.6 Å². The number of para-hydroxylation sites is 1. The number of alkyl halides is 5. The van der Waals surface area contributed by atoms with E-state index in [0.717, 1.165) is 6.92 Å². The summed E-state index contributed by atoms with van der Waals surface area (Å²) in [6.45, 7) is 1.93. The molecule has 2 rings (SSSR count). The largest absolute Gasteiger partial charge is 0.483 e. The third-order valence-electron chi connectivity index (χ3n) is 3.66. The van der Waals surface area contributed by atoms with E-state index in [1.165, 1.54) is 6.07 Å². The highest BCUT2D eigenvalue weighted by Crippen LogP contribution is 2.48. The van der Waals surface area contributed by atoms with Crippen molar-refractivity contribution in [1.29, 1.82) is 0 Å². The van der Waals surface area contributed by atoms with E-state index in [1.807, 2.05) is 0 Å². The van der Waals surface area contributed by atoms with E-state index < -0.39 is 36.8 Å². The van der Waals surface area contributed by atoms with Crippen molar-refractivity contribution in [3.8, 4) is 5.75 Å². The number of halogens is 5. The molecule has 0 unspecified atom stereocenters. The summed E-state index contributed by atoms with van der Waals surface area (Å²) in [5.41, 5.74) is -3.44. The highest BCUT2D eigenvalue weighted by molar-refractivity contribution is 5.89. The third kappa shape index (κ3) is 3.30. The maximum Gasteiger partial charge on any atom is 0.458 e. The number of aryl methyl sites for hydroxylation is 1. The van der Waals surface area contributed by atoms with Gasteiger partial charge < -0.3 is 9.84 Å². The van der Waals surface area contributed by atoms with Gasteiger partial charge in [-0.25, -0.2) is 0 Å². The van der Waals surface area contributed by atoms with Crippen LogP contribution >= 0.6 is 0 Å². The second-order valence-corrected chi connectivity index (χ2v) is 5.66. The molecule has 0 saturated heterocycles. The van der Waals surface area contributed by atoms with Crippen LogP contribution in [0.3, 0.4) is 0 Å². The number of carbonyl (C=O) groups is 1. The molecule has 25 heavy (non-hydrogen) atoms. The molecule has 0 bridgehead atoms. The van der Waals surface area contributed by atoms with Crippen molar-refractivity contribution in [2.24, 2.45) is 5.10 Å². The van der Waals surface area contributed by atoms with Crippen molar-refractivity contribution in [3.63, 3.8) is 0 Å². The van der Waals surface area contributed by atoms with Crippen LogP contribution < -0.4 is 4.74 Å². The van der Waals surface area contributed by atoms with Crippen LogP contribution in [0.2, 0.25) is 0 Å². The number of benzene rings is 1. The Bertz CT molecular complexity index is 705. The second-order valence-electron chi connectivity index (χ2n) is 5.66. The molecule has 1 aromatic carbocycles. The number of hydrogen-bond acceptors (Lipinski definition) is 4. The molecule has 10 heteroatoms. The topological polar surface area (TPSA) is 62.1 Å². The molecule has 1 amide bonds. The quantitative estimate of drug-likeness (QED) is 0.834. The highest BCUT2D eigenvalue weighted by Gasteiger charge is 2.74. The van der Waals surface area contributed by atoms with Crippen LogP contribution in [-0.4, -0.2) is 46.2 Å². The lowest BCUT2D eigenvalue weighted by Gasteiger charge is -2.37. The number of hydrogen-bond donors (Lipinski definition) is 1. The van der Waals surface area contributed by atoms with Crippen LogP contribution in [0.5, 0.6) is 5.75 Å². The predicted molar refractivity (Wildman–Crippen MR) is 77.2 cm³/mol. The number of amides is 1. The SMILES string of the molecule is CC1=NN(C(=O)COc2ccccc2C)[C@@](O)(C(F)(F)C(F)(F)F)C1. The van der Waals surface area contributed by atoms with Gasteiger partial charge in [0.25, 0.3) is 5.91 Å². The molecule has 5 nitrogen and oxygen atoms in total. The first-order valence-electron chi connectivity index (χ1n) is 7.12. The molecule has 0 aromatic heterocycles. The number of ether oxygens (including phenoxy) is 1. The molecule has 0 aliphatic carbocycles. The third-order valence-corrected chi connectivity index (χ3v) is 3.66. The highest BCUT2D eigenvalue weighted by atomic mass is 19.4. The molecular weight excluding hydrogens is 351 g/mol. The number of hydrazone groups is 1. The average molecular weight is 366 g/mol.